The third-order valence-corrected chi connectivity index (χ3v) is 3.71. The van der Waals surface area contributed by atoms with E-state index in [-0.39, 0.29) is 23.4 Å². The van der Waals surface area contributed by atoms with E-state index in [1.54, 1.807) is 6.07 Å². The molecule has 2 nitrogen and oxygen atoms in total. The molecule has 2 aliphatic carbocycles. The molecule has 0 N–H and O–H groups in total. The summed E-state index contributed by atoms with van der Waals surface area (Å²) in [6.07, 6.45) is 5.70. The SMILES string of the molecule is CC1=CC2C(=O)c3cc(C)ccc3C(=O)C2C=C1. The van der Waals surface area contributed by atoms with Crippen molar-refractivity contribution in [3.63, 3.8) is 0 Å². The van der Waals surface area contributed by atoms with Crippen LogP contribution in [0.1, 0.15) is 33.2 Å². The largest absolute Gasteiger partial charge is 0.293 e. The lowest BCUT2D eigenvalue weighted by molar-refractivity contribution is 0.0801. The van der Waals surface area contributed by atoms with Gasteiger partial charge in [-0.05, 0) is 19.9 Å². The molecule has 2 unspecified atom stereocenters. The molecule has 0 amide bonds. The number of rotatable bonds is 0. The van der Waals surface area contributed by atoms with E-state index < -0.39 is 0 Å². The molecule has 0 saturated carbocycles. The molecule has 0 aromatic heterocycles. The monoisotopic (exact) mass is 238 g/mol. The first-order valence-corrected chi connectivity index (χ1v) is 6.13. The minimum atomic E-state index is -0.309. The number of carbonyl (C=O) groups is 2. The highest BCUT2D eigenvalue weighted by molar-refractivity contribution is 6.17. The van der Waals surface area contributed by atoms with Gasteiger partial charge in [-0.2, -0.15) is 0 Å². The van der Waals surface area contributed by atoms with Gasteiger partial charge in [-0.15, -0.1) is 0 Å². The lowest BCUT2D eigenvalue weighted by Gasteiger charge is -2.29. The summed E-state index contributed by atoms with van der Waals surface area (Å²) in [5.41, 5.74) is 3.22. The normalized spacial score (nSPS) is 25.6. The van der Waals surface area contributed by atoms with Crippen molar-refractivity contribution in [2.75, 3.05) is 0 Å². The highest BCUT2D eigenvalue weighted by Crippen LogP contribution is 2.35. The Morgan fingerprint density at radius 1 is 0.944 bits per heavy atom. The van der Waals surface area contributed by atoms with Crippen LogP contribution in [0.2, 0.25) is 0 Å². The number of ketones is 2. The van der Waals surface area contributed by atoms with E-state index in [1.165, 1.54) is 0 Å². The van der Waals surface area contributed by atoms with Gasteiger partial charge >= 0.3 is 0 Å². The van der Waals surface area contributed by atoms with Gasteiger partial charge in [0.2, 0.25) is 0 Å². The number of carbonyl (C=O) groups excluding carboxylic acids is 2. The second-order valence-corrected chi connectivity index (χ2v) is 5.10. The fourth-order valence-electron chi connectivity index (χ4n) is 2.74. The van der Waals surface area contributed by atoms with Crippen LogP contribution in [-0.2, 0) is 0 Å². The Balaban J connectivity index is 2.19. The van der Waals surface area contributed by atoms with Crippen LogP contribution in [0.25, 0.3) is 0 Å². The summed E-state index contributed by atoms with van der Waals surface area (Å²) in [6, 6.07) is 5.49. The average molecular weight is 238 g/mol. The minimum absolute atomic E-state index is 0.0644. The first-order chi connectivity index (χ1) is 8.58. The summed E-state index contributed by atoms with van der Waals surface area (Å²) < 4.78 is 0. The van der Waals surface area contributed by atoms with Crippen molar-refractivity contribution in [3.8, 4) is 0 Å². The second-order valence-electron chi connectivity index (χ2n) is 5.10. The number of fused-ring (bicyclic) bond motifs is 2. The molecule has 18 heavy (non-hydrogen) atoms. The van der Waals surface area contributed by atoms with Crippen molar-refractivity contribution in [2.24, 2.45) is 11.8 Å². The molecule has 3 rings (SSSR count). The first kappa shape index (κ1) is 11.1. The average Bonchev–Trinajstić information content (AvgIpc) is 2.35. The Labute approximate surface area is 106 Å². The fraction of sp³-hybridized carbons (Fsp3) is 0.250. The van der Waals surface area contributed by atoms with Crippen molar-refractivity contribution in [3.05, 3.63) is 58.7 Å². The zero-order valence-electron chi connectivity index (χ0n) is 10.4. The Bertz CT molecular complexity index is 620. The van der Waals surface area contributed by atoms with Gasteiger partial charge in [0.1, 0.15) is 0 Å². The highest BCUT2D eigenvalue weighted by Gasteiger charge is 2.39. The van der Waals surface area contributed by atoms with E-state index in [2.05, 4.69) is 0 Å². The standard InChI is InChI=1S/C16H14O2/c1-9-3-5-11-13(7-9)16(18)14-8-10(2)4-6-12(14)15(11)17/h3-8,11,13H,1-2H3. The van der Waals surface area contributed by atoms with E-state index >= 15 is 0 Å². The van der Waals surface area contributed by atoms with Crippen LogP contribution < -0.4 is 0 Å². The maximum Gasteiger partial charge on any atom is 0.171 e. The van der Waals surface area contributed by atoms with E-state index in [0.29, 0.717) is 11.1 Å². The van der Waals surface area contributed by atoms with Crippen molar-refractivity contribution in [1.82, 2.24) is 0 Å². The van der Waals surface area contributed by atoms with Gasteiger partial charge in [0.15, 0.2) is 11.6 Å². The zero-order chi connectivity index (χ0) is 12.9. The summed E-state index contributed by atoms with van der Waals surface area (Å²) in [6.45, 7) is 3.89. The van der Waals surface area contributed by atoms with Crippen molar-refractivity contribution in [1.29, 1.82) is 0 Å². The number of allylic oxidation sites excluding steroid dienone is 4. The van der Waals surface area contributed by atoms with Crippen LogP contribution in [0, 0.1) is 18.8 Å². The van der Waals surface area contributed by atoms with Gasteiger partial charge in [-0.1, -0.05) is 41.5 Å². The number of aryl methyl sites for hydroxylation is 1. The number of hydrogen-bond donors (Lipinski definition) is 0. The van der Waals surface area contributed by atoms with Gasteiger partial charge in [0, 0.05) is 11.1 Å². The van der Waals surface area contributed by atoms with Crippen LogP contribution >= 0.6 is 0 Å². The van der Waals surface area contributed by atoms with Gasteiger partial charge in [-0.25, -0.2) is 0 Å². The number of Topliss-reactive ketones (excluding diaryl/α,β-unsaturated/α-hetero) is 2. The van der Waals surface area contributed by atoms with E-state index in [4.69, 9.17) is 0 Å². The maximum absolute atomic E-state index is 12.5. The summed E-state index contributed by atoms with van der Waals surface area (Å²) in [5.74, 6) is -0.482. The summed E-state index contributed by atoms with van der Waals surface area (Å²) in [4.78, 5) is 24.8. The molecular weight excluding hydrogens is 224 g/mol. The van der Waals surface area contributed by atoms with Crippen LogP contribution in [0.15, 0.2) is 42.0 Å². The van der Waals surface area contributed by atoms with Crippen LogP contribution in [0.3, 0.4) is 0 Å². The molecule has 0 fully saturated rings. The molecule has 0 heterocycles. The molecule has 2 aliphatic rings. The molecule has 90 valence electrons. The van der Waals surface area contributed by atoms with Gasteiger partial charge < -0.3 is 0 Å². The molecule has 1 aromatic carbocycles. The van der Waals surface area contributed by atoms with Gasteiger partial charge in [-0.3, -0.25) is 9.59 Å². The molecule has 0 radical (unpaired) electrons. The quantitative estimate of drug-likeness (QED) is 0.696. The first-order valence-electron chi connectivity index (χ1n) is 6.13. The van der Waals surface area contributed by atoms with Crippen molar-refractivity contribution >= 4 is 11.6 Å². The lowest BCUT2D eigenvalue weighted by atomic mass is 9.71. The van der Waals surface area contributed by atoms with Crippen molar-refractivity contribution in [2.45, 2.75) is 13.8 Å². The number of benzene rings is 1. The van der Waals surface area contributed by atoms with Gasteiger partial charge in [0.25, 0.3) is 0 Å². The molecule has 2 heteroatoms. The van der Waals surface area contributed by atoms with Crippen LogP contribution in [0.5, 0.6) is 0 Å². The fourth-order valence-corrected chi connectivity index (χ4v) is 2.74. The smallest absolute Gasteiger partial charge is 0.171 e. The molecule has 2 atom stereocenters. The summed E-state index contributed by atoms with van der Waals surface area (Å²) >= 11 is 0. The second kappa shape index (κ2) is 3.77. The Kier molecular flexibility index (Phi) is 2.34. The topological polar surface area (TPSA) is 34.1 Å². The maximum atomic E-state index is 12.5. The van der Waals surface area contributed by atoms with Crippen molar-refractivity contribution < 1.29 is 9.59 Å². The molecule has 0 saturated heterocycles. The molecule has 0 aliphatic heterocycles. The molecule has 0 spiro atoms. The van der Waals surface area contributed by atoms with E-state index in [9.17, 15) is 9.59 Å². The predicted octanol–water partition coefficient (Wildman–Crippen LogP) is 3.12. The van der Waals surface area contributed by atoms with Gasteiger partial charge in [0.05, 0.1) is 11.8 Å². The van der Waals surface area contributed by atoms with Crippen LogP contribution in [-0.4, -0.2) is 11.6 Å². The molecular formula is C16H14O2. The molecule has 0 bridgehead atoms. The Morgan fingerprint density at radius 3 is 2.44 bits per heavy atom. The predicted molar refractivity (Wildman–Crippen MR) is 69.7 cm³/mol. The lowest BCUT2D eigenvalue weighted by Crippen LogP contribution is -2.35. The molecule has 1 aromatic rings. The Hall–Kier alpha value is -1.96. The van der Waals surface area contributed by atoms with E-state index in [0.717, 1.165) is 11.1 Å². The summed E-state index contributed by atoms with van der Waals surface area (Å²) in [5, 5.41) is 0. The third kappa shape index (κ3) is 1.49. The Morgan fingerprint density at radius 2 is 1.67 bits per heavy atom. The number of hydrogen-bond acceptors (Lipinski definition) is 2. The zero-order valence-corrected chi connectivity index (χ0v) is 10.4. The van der Waals surface area contributed by atoms with E-state index in [1.807, 2.05) is 44.2 Å². The third-order valence-electron chi connectivity index (χ3n) is 3.71. The summed E-state index contributed by atoms with van der Waals surface area (Å²) in [7, 11) is 0. The van der Waals surface area contributed by atoms with Crippen LogP contribution in [0.4, 0.5) is 0 Å². The highest BCUT2D eigenvalue weighted by atomic mass is 16.1. The minimum Gasteiger partial charge on any atom is -0.293 e.